The molecule has 0 radical (unpaired) electrons. The van der Waals surface area contributed by atoms with E-state index in [-0.39, 0.29) is 0 Å². The lowest BCUT2D eigenvalue weighted by Crippen LogP contribution is -2.47. The van der Waals surface area contributed by atoms with Crippen molar-refractivity contribution in [3.63, 3.8) is 0 Å². The first kappa shape index (κ1) is 16.1. The number of nitrogens with zero attached hydrogens (tertiary/aromatic N) is 1. The van der Waals surface area contributed by atoms with Crippen molar-refractivity contribution in [2.75, 3.05) is 0 Å². The van der Waals surface area contributed by atoms with Gasteiger partial charge in [-0.1, -0.05) is 18.2 Å². The van der Waals surface area contributed by atoms with E-state index in [1.807, 2.05) is 42.1 Å². The summed E-state index contributed by atoms with van der Waals surface area (Å²) in [6.07, 6.45) is 2.04. The van der Waals surface area contributed by atoms with Gasteiger partial charge in [0.2, 0.25) is 0 Å². The summed E-state index contributed by atoms with van der Waals surface area (Å²) in [4.78, 5) is 23.8. The van der Waals surface area contributed by atoms with Crippen LogP contribution in [0.1, 0.15) is 33.3 Å². The third kappa shape index (κ3) is 3.13. The van der Waals surface area contributed by atoms with E-state index in [1.165, 1.54) is 0 Å². The van der Waals surface area contributed by atoms with Gasteiger partial charge in [-0.05, 0) is 39.1 Å². The van der Waals surface area contributed by atoms with Gasteiger partial charge >= 0.3 is 6.09 Å². The van der Waals surface area contributed by atoms with E-state index in [4.69, 9.17) is 4.74 Å². The first-order valence-electron chi connectivity index (χ1n) is 7.18. The summed E-state index contributed by atoms with van der Waals surface area (Å²) in [7, 11) is 1.91. The summed E-state index contributed by atoms with van der Waals surface area (Å²) in [5.74, 6) is 0. The van der Waals surface area contributed by atoms with Gasteiger partial charge in [-0.25, -0.2) is 4.79 Å². The van der Waals surface area contributed by atoms with Crippen LogP contribution in [0.2, 0.25) is 0 Å². The van der Waals surface area contributed by atoms with E-state index in [0.29, 0.717) is 0 Å². The molecule has 2 aromatic rings. The quantitative estimate of drug-likeness (QED) is 0.886. The summed E-state index contributed by atoms with van der Waals surface area (Å²) < 4.78 is 7.20. The maximum Gasteiger partial charge on any atom is 0.408 e. The normalized spacial score (nSPS) is 14.4. The van der Waals surface area contributed by atoms with Crippen molar-refractivity contribution in [1.29, 1.82) is 0 Å². The number of amides is 1. The molecule has 0 spiro atoms. The molecule has 2 rings (SSSR count). The number of rotatable bonds is 3. The minimum atomic E-state index is -1.16. The lowest BCUT2D eigenvalue weighted by Gasteiger charge is -2.28. The summed E-state index contributed by atoms with van der Waals surface area (Å²) in [6, 6.07) is 7.65. The van der Waals surface area contributed by atoms with Crippen LogP contribution in [0.15, 0.2) is 30.5 Å². The number of hydrogen-bond donors (Lipinski definition) is 1. The number of aryl methyl sites for hydroxylation is 1. The lowest BCUT2D eigenvalue weighted by atomic mass is 9.92. The highest BCUT2D eigenvalue weighted by Crippen LogP contribution is 2.28. The molecule has 0 bridgehead atoms. The summed E-state index contributed by atoms with van der Waals surface area (Å²) in [6.45, 7) is 7.01. The fourth-order valence-corrected chi connectivity index (χ4v) is 2.45. The van der Waals surface area contributed by atoms with E-state index in [1.54, 1.807) is 27.7 Å². The van der Waals surface area contributed by atoms with E-state index >= 15 is 0 Å². The minimum Gasteiger partial charge on any atom is -0.444 e. The van der Waals surface area contributed by atoms with Crippen LogP contribution in [0.3, 0.4) is 0 Å². The Morgan fingerprint density at radius 1 is 1.23 bits per heavy atom. The van der Waals surface area contributed by atoms with Gasteiger partial charge in [0.15, 0.2) is 0 Å². The van der Waals surface area contributed by atoms with Crippen LogP contribution in [0.25, 0.3) is 10.9 Å². The van der Waals surface area contributed by atoms with Gasteiger partial charge < -0.3 is 19.4 Å². The standard InChI is InChI=1S/C17H22N2O3/c1-16(2,3)22-15(21)18-17(4,11-20)13-8-6-7-12-9-10-19(5)14(12)13/h6-11H,1-5H3,(H,18,21). The average Bonchev–Trinajstić information content (AvgIpc) is 2.78. The van der Waals surface area contributed by atoms with Crippen LogP contribution in [-0.4, -0.2) is 22.5 Å². The van der Waals surface area contributed by atoms with Crippen LogP contribution >= 0.6 is 0 Å². The minimum absolute atomic E-state index is 0.617. The monoisotopic (exact) mass is 302 g/mol. The van der Waals surface area contributed by atoms with Crippen LogP contribution in [-0.2, 0) is 22.1 Å². The Labute approximate surface area is 130 Å². The molecule has 1 atom stereocenters. The predicted molar refractivity (Wildman–Crippen MR) is 85.7 cm³/mol. The maximum atomic E-state index is 12.1. The Balaban J connectivity index is 2.42. The zero-order chi connectivity index (χ0) is 16.5. The molecule has 1 aromatic heterocycles. The smallest absolute Gasteiger partial charge is 0.408 e. The number of para-hydroxylation sites is 1. The maximum absolute atomic E-state index is 12.1. The number of alkyl carbamates (subject to hydrolysis) is 1. The van der Waals surface area contributed by atoms with Gasteiger partial charge in [0.1, 0.15) is 17.4 Å². The number of aromatic nitrogens is 1. The number of hydrogen-bond acceptors (Lipinski definition) is 3. The zero-order valence-corrected chi connectivity index (χ0v) is 13.6. The van der Waals surface area contributed by atoms with E-state index in [0.717, 1.165) is 22.8 Å². The molecular weight excluding hydrogens is 280 g/mol. The molecule has 5 nitrogen and oxygen atoms in total. The first-order valence-corrected chi connectivity index (χ1v) is 7.18. The molecule has 0 saturated heterocycles. The number of fused-ring (bicyclic) bond motifs is 1. The third-order valence-electron chi connectivity index (χ3n) is 3.45. The first-order chi connectivity index (χ1) is 10.2. The SMILES string of the molecule is Cn1ccc2cccc(C(C)(C=O)NC(=O)OC(C)(C)C)c21. The van der Waals surface area contributed by atoms with Crippen LogP contribution in [0, 0.1) is 0 Å². The number of carbonyl (C=O) groups is 2. The fraction of sp³-hybridized carbons (Fsp3) is 0.412. The Kier molecular flexibility index (Phi) is 4.00. The van der Waals surface area contributed by atoms with Gasteiger partial charge in [0.05, 0.1) is 5.52 Å². The zero-order valence-electron chi connectivity index (χ0n) is 13.6. The average molecular weight is 302 g/mol. The highest BCUT2D eigenvalue weighted by atomic mass is 16.6. The summed E-state index contributed by atoms with van der Waals surface area (Å²) >= 11 is 0. The van der Waals surface area contributed by atoms with Crippen molar-refractivity contribution in [1.82, 2.24) is 9.88 Å². The number of benzene rings is 1. The highest BCUT2D eigenvalue weighted by Gasteiger charge is 2.32. The number of carbonyl (C=O) groups excluding carboxylic acids is 2. The van der Waals surface area contributed by atoms with E-state index in [2.05, 4.69) is 5.32 Å². The molecule has 0 aliphatic carbocycles. The Morgan fingerprint density at radius 3 is 2.50 bits per heavy atom. The highest BCUT2D eigenvalue weighted by molar-refractivity contribution is 5.89. The van der Waals surface area contributed by atoms with Gasteiger partial charge in [-0.2, -0.15) is 0 Å². The molecule has 0 saturated carbocycles. The molecule has 1 unspecified atom stereocenters. The van der Waals surface area contributed by atoms with Gasteiger partial charge in [0.25, 0.3) is 0 Å². The van der Waals surface area contributed by atoms with Crippen LogP contribution in [0.5, 0.6) is 0 Å². The second kappa shape index (κ2) is 5.48. The molecule has 118 valence electrons. The van der Waals surface area contributed by atoms with Gasteiger partial charge in [-0.3, -0.25) is 0 Å². The molecule has 0 fully saturated rings. The van der Waals surface area contributed by atoms with Gasteiger partial charge in [0, 0.05) is 18.8 Å². The summed E-state index contributed by atoms with van der Waals surface area (Å²) in [5, 5.41) is 3.70. The Hall–Kier alpha value is -2.30. The van der Waals surface area contributed by atoms with Crippen LogP contribution in [0.4, 0.5) is 4.79 Å². The second-order valence-corrected chi connectivity index (χ2v) is 6.62. The molecule has 0 aliphatic heterocycles. The molecule has 1 aromatic carbocycles. The molecule has 5 heteroatoms. The topological polar surface area (TPSA) is 60.3 Å². The third-order valence-corrected chi connectivity index (χ3v) is 3.45. The number of nitrogens with one attached hydrogen (secondary N) is 1. The number of ether oxygens (including phenoxy) is 1. The van der Waals surface area contributed by atoms with Crippen LogP contribution < -0.4 is 5.32 Å². The molecular formula is C17H22N2O3. The van der Waals surface area contributed by atoms with E-state index in [9.17, 15) is 9.59 Å². The number of aldehydes is 1. The Morgan fingerprint density at radius 2 is 1.91 bits per heavy atom. The Bertz CT molecular complexity index is 712. The van der Waals surface area contributed by atoms with Crippen molar-refractivity contribution in [2.45, 2.75) is 38.8 Å². The lowest BCUT2D eigenvalue weighted by molar-refractivity contribution is -0.113. The van der Waals surface area contributed by atoms with Crippen molar-refractivity contribution < 1.29 is 14.3 Å². The van der Waals surface area contributed by atoms with Crippen molar-refractivity contribution in [3.05, 3.63) is 36.0 Å². The van der Waals surface area contributed by atoms with Gasteiger partial charge in [-0.15, -0.1) is 0 Å². The summed E-state index contributed by atoms with van der Waals surface area (Å²) in [5.41, 5.74) is -0.134. The van der Waals surface area contributed by atoms with E-state index < -0.39 is 17.2 Å². The fourth-order valence-electron chi connectivity index (χ4n) is 2.45. The molecule has 1 amide bonds. The molecule has 1 N–H and O–H groups in total. The predicted octanol–water partition coefficient (Wildman–Crippen LogP) is 3.12. The van der Waals surface area contributed by atoms with Crippen molar-refractivity contribution >= 4 is 23.3 Å². The largest absolute Gasteiger partial charge is 0.444 e. The second-order valence-electron chi connectivity index (χ2n) is 6.62. The van der Waals surface area contributed by atoms with Crippen molar-refractivity contribution in [2.24, 2.45) is 7.05 Å². The molecule has 1 heterocycles. The molecule has 22 heavy (non-hydrogen) atoms. The van der Waals surface area contributed by atoms with Crippen molar-refractivity contribution in [3.8, 4) is 0 Å². The molecule has 0 aliphatic rings.